The van der Waals surface area contributed by atoms with Crippen LogP contribution in [0.1, 0.15) is 41.8 Å². The number of carbonyl (C=O) groups is 1. The summed E-state index contributed by atoms with van der Waals surface area (Å²) in [5, 5.41) is 22.8. The minimum atomic E-state index is -0.491. The monoisotopic (exact) mass is 435 g/mol. The van der Waals surface area contributed by atoms with Crippen LogP contribution in [-0.4, -0.2) is 32.4 Å². The van der Waals surface area contributed by atoms with E-state index in [2.05, 4.69) is 15.6 Å². The minimum absolute atomic E-state index is 0.0756. The fraction of sp³-hybridized carbons (Fsp3) is 0.227. The number of carbonyl (C=O) groups excluding carboxylic acids is 1. The van der Waals surface area contributed by atoms with E-state index in [1.807, 2.05) is 31.2 Å². The zero-order valence-corrected chi connectivity index (χ0v) is 17.7. The summed E-state index contributed by atoms with van der Waals surface area (Å²) < 4.78 is 12.9. The Bertz CT molecular complexity index is 1310. The first-order chi connectivity index (χ1) is 15.4. The molecule has 1 N–H and O–H groups in total. The van der Waals surface area contributed by atoms with Crippen molar-refractivity contribution >= 4 is 22.6 Å². The normalized spacial score (nSPS) is 12.0. The van der Waals surface area contributed by atoms with E-state index in [1.165, 1.54) is 16.8 Å². The number of amides is 1. The quantitative estimate of drug-likeness (QED) is 0.342. The number of para-hydroxylation sites is 1. The summed E-state index contributed by atoms with van der Waals surface area (Å²) in [5.41, 5.74) is 1.57. The molecule has 0 saturated carbocycles. The predicted octanol–water partition coefficient (Wildman–Crippen LogP) is 4.12. The lowest BCUT2D eigenvalue weighted by atomic mass is 10.2. The molecular formula is C22H21N5O5. The van der Waals surface area contributed by atoms with Crippen molar-refractivity contribution in [1.82, 2.24) is 20.3 Å². The molecular weight excluding hydrogens is 414 g/mol. The van der Waals surface area contributed by atoms with Crippen LogP contribution in [0.2, 0.25) is 0 Å². The van der Waals surface area contributed by atoms with Crippen molar-refractivity contribution in [1.29, 1.82) is 0 Å². The second kappa shape index (κ2) is 8.50. The molecule has 32 heavy (non-hydrogen) atoms. The van der Waals surface area contributed by atoms with Gasteiger partial charge >= 0.3 is 0 Å². The van der Waals surface area contributed by atoms with Crippen LogP contribution < -0.4 is 10.1 Å². The predicted molar refractivity (Wildman–Crippen MR) is 116 cm³/mol. The molecule has 4 aromatic rings. The zero-order valence-electron chi connectivity index (χ0n) is 17.7. The first kappa shape index (κ1) is 21.0. The fourth-order valence-corrected chi connectivity index (χ4v) is 3.40. The summed E-state index contributed by atoms with van der Waals surface area (Å²) in [7, 11) is 0. The molecule has 0 saturated heterocycles. The van der Waals surface area contributed by atoms with E-state index in [-0.39, 0.29) is 11.4 Å². The highest BCUT2D eigenvalue weighted by atomic mass is 16.6. The molecule has 0 radical (unpaired) electrons. The van der Waals surface area contributed by atoms with Gasteiger partial charge in [-0.3, -0.25) is 14.9 Å². The molecule has 4 rings (SSSR count). The number of benzene rings is 2. The van der Waals surface area contributed by atoms with E-state index in [4.69, 9.17) is 9.15 Å². The summed E-state index contributed by atoms with van der Waals surface area (Å²) in [5.74, 6) is 0.784. The Labute approximate surface area is 182 Å². The average Bonchev–Trinajstić information content (AvgIpc) is 3.38. The molecule has 0 bridgehead atoms. The van der Waals surface area contributed by atoms with Gasteiger partial charge in [0, 0.05) is 17.5 Å². The number of non-ortho nitro benzene ring substituents is 1. The van der Waals surface area contributed by atoms with E-state index in [9.17, 15) is 14.9 Å². The standard InChI is InChI=1S/C22H21N5O5/c1-4-31-18-10-5-7-15-11-19(32-21(15)18)13(2)23-22(28)20-14(3)26(25-24-20)16-8-6-9-17(12-16)27(29)30/h5-13H,4H2,1-3H3,(H,23,28). The molecule has 10 nitrogen and oxygen atoms in total. The van der Waals surface area contributed by atoms with Crippen LogP contribution in [0.5, 0.6) is 5.75 Å². The van der Waals surface area contributed by atoms with Crippen LogP contribution in [0.25, 0.3) is 16.7 Å². The number of nitrogens with zero attached hydrogens (tertiary/aromatic N) is 4. The molecule has 0 fully saturated rings. The molecule has 0 spiro atoms. The number of furan rings is 1. The third-order valence-corrected chi connectivity index (χ3v) is 5.00. The Kier molecular flexibility index (Phi) is 5.59. The Morgan fingerprint density at radius 2 is 2.06 bits per heavy atom. The number of aromatic nitrogens is 3. The molecule has 2 heterocycles. The van der Waals surface area contributed by atoms with Crippen molar-refractivity contribution in [3.05, 3.63) is 75.8 Å². The number of rotatable bonds is 7. The molecule has 1 unspecified atom stereocenters. The molecule has 0 aliphatic rings. The Hall–Kier alpha value is -4.21. The van der Waals surface area contributed by atoms with E-state index in [1.54, 1.807) is 26.0 Å². The zero-order chi connectivity index (χ0) is 22.8. The van der Waals surface area contributed by atoms with E-state index in [0.29, 0.717) is 35.1 Å². The van der Waals surface area contributed by atoms with Crippen molar-refractivity contribution in [3.8, 4) is 11.4 Å². The third kappa shape index (κ3) is 3.89. The van der Waals surface area contributed by atoms with Crippen molar-refractivity contribution in [2.45, 2.75) is 26.8 Å². The van der Waals surface area contributed by atoms with Gasteiger partial charge in [0.05, 0.1) is 29.0 Å². The van der Waals surface area contributed by atoms with Crippen molar-refractivity contribution < 1.29 is 18.9 Å². The van der Waals surface area contributed by atoms with Gasteiger partial charge in [0.15, 0.2) is 17.0 Å². The van der Waals surface area contributed by atoms with Crippen LogP contribution in [0.4, 0.5) is 5.69 Å². The number of hydrogen-bond acceptors (Lipinski definition) is 7. The van der Waals surface area contributed by atoms with Crippen molar-refractivity contribution in [2.75, 3.05) is 6.61 Å². The first-order valence-corrected chi connectivity index (χ1v) is 10.0. The minimum Gasteiger partial charge on any atom is -0.490 e. The summed E-state index contributed by atoms with van der Waals surface area (Å²) in [4.78, 5) is 23.4. The Balaban J connectivity index is 1.56. The summed E-state index contributed by atoms with van der Waals surface area (Å²) in [6.45, 7) is 5.89. The van der Waals surface area contributed by atoms with Gasteiger partial charge in [0.25, 0.3) is 11.6 Å². The number of nitro benzene ring substituents is 1. The number of fused-ring (bicyclic) bond motifs is 1. The highest BCUT2D eigenvalue weighted by molar-refractivity contribution is 5.93. The lowest BCUT2D eigenvalue weighted by Crippen LogP contribution is -2.27. The average molecular weight is 435 g/mol. The van der Waals surface area contributed by atoms with Crippen LogP contribution in [0.15, 0.2) is 52.9 Å². The third-order valence-electron chi connectivity index (χ3n) is 5.00. The van der Waals surface area contributed by atoms with Crippen LogP contribution >= 0.6 is 0 Å². The van der Waals surface area contributed by atoms with Crippen LogP contribution in [0, 0.1) is 17.0 Å². The summed E-state index contributed by atoms with van der Waals surface area (Å²) >= 11 is 0. The molecule has 164 valence electrons. The fourth-order valence-electron chi connectivity index (χ4n) is 3.40. The number of ether oxygens (including phenoxy) is 1. The van der Waals surface area contributed by atoms with Gasteiger partial charge in [-0.15, -0.1) is 5.10 Å². The van der Waals surface area contributed by atoms with Gasteiger partial charge in [-0.2, -0.15) is 0 Å². The number of nitrogens with one attached hydrogen (secondary N) is 1. The lowest BCUT2D eigenvalue weighted by Gasteiger charge is -2.10. The Morgan fingerprint density at radius 1 is 1.28 bits per heavy atom. The smallest absolute Gasteiger partial charge is 0.274 e. The molecule has 10 heteroatoms. The maximum absolute atomic E-state index is 12.9. The molecule has 2 aromatic carbocycles. The van der Waals surface area contributed by atoms with Gasteiger partial charge in [0.2, 0.25) is 0 Å². The van der Waals surface area contributed by atoms with Crippen LogP contribution in [0.3, 0.4) is 0 Å². The van der Waals surface area contributed by atoms with Crippen molar-refractivity contribution in [3.63, 3.8) is 0 Å². The molecule has 1 amide bonds. The van der Waals surface area contributed by atoms with Gasteiger partial charge in [0.1, 0.15) is 5.76 Å². The summed E-state index contributed by atoms with van der Waals surface area (Å²) in [6, 6.07) is 13.0. The molecule has 2 aromatic heterocycles. The molecule has 0 aliphatic carbocycles. The first-order valence-electron chi connectivity index (χ1n) is 10.0. The molecule has 0 aliphatic heterocycles. The van der Waals surface area contributed by atoms with E-state index < -0.39 is 16.9 Å². The van der Waals surface area contributed by atoms with Gasteiger partial charge in [-0.1, -0.05) is 23.4 Å². The molecule has 1 atom stereocenters. The maximum Gasteiger partial charge on any atom is 0.274 e. The van der Waals surface area contributed by atoms with Gasteiger partial charge in [-0.25, -0.2) is 4.68 Å². The highest BCUT2D eigenvalue weighted by Crippen LogP contribution is 2.31. The SMILES string of the molecule is CCOc1cccc2cc(C(C)NC(=O)c3nnn(-c4cccc([N+](=O)[O-])c4)c3C)oc12. The van der Waals surface area contributed by atoms with E-state index >= 15 is 0 Å². The van der Waals surface area contributed by atoms with Crippen molar-refractivity contribution in [2.24, 2.45) is 0 Å². The lowest BCUT2D eigenvalue weighted by molar-refractivity contribution is -0.384. The van der Waals surface area contributed by atoms with Gasteiger partial charge < -0.3 is 14.5 Å². The number of nitro groups is 1. The number of hydrogen-bond donors (Lipinski definition) is 1. The van der Waals surface area contributed by atoms with Crippen LogP contribution in [-0.2, 0) is 0 Å². The second-order valence-corrected chi connectivity index (χ2v) is 7.16. The Morgan fingerprint density at radius 3 is 2.81 bits per heavy atom. The highest BCUT2D eigenvalue weighted by Gasteiger charge is 2.22. The topological polar surface area (TPSA) is 125 Å². The largest absolute Gasteiger partial charge is 0.490 e. The van der Waals surface area contributed by atoms with E-state index in [0.717, 1.165) is 5.39 Å². The maximum atomic E-state index is 12.9. The second-order valence-electron chi connectivity index (χ2n) is 7.16. The van der Waals surface area contributed by atoms with Gasteiger partial charge in [-0.05, 0) is 39.0 Å². The summed E-state index contributed by atoms with van der Waals surface area (Å²) in [6.07, 6.45) is 0.